The largest absolute Gasteiger partial charge is 0.460 e. The number of aryl methyl sites for hydroxylation is 1. The maximum Gasteiger partial charge on any atom is 0.134 e. The van der Waals surface area contributed by atoms with Crippen LogP contribution in [0.4, 0.5) is 0 Å². The van der Waals surface area contributed by atoms with Gasteiger partial charge in [-0.2, -0.15) is 0 Å². The summed E-state index contributed by atoms with van der Waals surface area (Å²) in [5.41, 5.74) is 8.60. The maximum atomic E-state index is 6.14. The van der Waals surface area contributed by atoms with Crippen molar-refractivity contribution < 1.29 is 4.42 Å². The molecule has 3 heterocycles. The number of para-hydroxylation sites is 2. The van der Waals surface area contributed by atoms with Crippen molar-refractivity contribution >= 4 is 75.9 Å². The van der Waals surface area contributed by atoms with E-state index in [-0.39, 0.29) is 0 Å². The number of hydrogen-bond acceptors (Lipinski definition) is 2. The van der Waals surface area contributed by atoms with Gasteiger partial charge in [0.1, 0.15) is 11.3 Å². The van der Waals surface area contributed by atoms with Crippen LogP contribution in [0.15, 0.2) is 114 Å². The minimum atomic E-state index is 0.938. The van der Waals surface area contributed by atoms with Crippen molar-refractivity contribution in [1.29, 1.82) is 0 Å². The van der Waals surface area contributed by atoms with E-state index in [1.165, 1.54) is 69.8 Å². The summed E-state index contributed by atoms with van der Waals surface area (Å²) in [6.45, 7) is 0. The number of furan rings is 1. The number of fused-ring (bicyclic) bond motifs is 10. The minimum Gasteiger partial charge on any atom is -0.460 e. The van der Waals surface area contributed by atoms with Crippen molar-refractivity contribution in [2.45, 2.75) is 12.8 Å². The van der Waals surface area contributed by atoms with Crippen LogP contribution in [0.5, 0.6) is 0 Å². The molecule has 5 aromatic carbocycles. The van der Waals surface area contributed by atoms with Gasteiger partial charge in [0.15, 0.2) is 0 Å². The molecule has 1 aliphatic carbocycles. The smallest absolute Gasteiger partial charge is 0.134 e. The summed E-state index contributed by atoms with van der Waals surface area (Å²) in [6, 6.07) is 39.7. The summed E-state index contributed by atoms with van der Waals surface area (Å²) in [5.74, 6) is 1.11. The molecule has 39 heavy (non-hydrogen) atoms. The van der Waals surface area contributed by atoms with Crippen molar-refractivity contribution in [2.75, 3.05) is 0 Å². The summed E-state index contributed by atoms with van der Waals surface area (Å²) < 4.78 is 11.3. The van der Waals surface area contributed by atoms with Gasteiger partial charge in [0.05, 0.1) is 11.0 Å². The Morgan fingerprint density at radius 2 is 1.38 bits per heavy atom. The van der Waals surface area contributed by atoms with Gasteiger partial charge in [-0.15, -0.1) is 11.3 Å². The van der Waals surface area contributed by atoms with E-state index in [9.17, 15) is 0 Å². The molecule has 0 aliphatic heterocycles. The van der Waals surface area contributed by atoms with E-state index in [2.05, 4.69) is 114 Å². The number of aromatic nitrogens is 1. The van der Waals surface area contributed by atoms with Gasteiger partial charge in [-0.1, -0.05) is 72.8 Å². The molecule has 0 saturated heterocycles. The van der Waals surface area contributed by atoms with E-state index in [1.54, 1.807) is 0 Å². The van der Waals surface area contributed by atoms with Gasteiger partial charge in [0, 0.05) is 54.0 Å². The fourth-order valence-corrected chi connectivity index (χ4v) is 7.65. The SMILES string of the molecule is C1=C(c2ccc(-n3c4ccccc4c4ccc5sc6ccccc6c5c43)cc2)CCc2oc3ccccc3c21. The molecule has 0 saturated carbocycles. The standard InChI is InChI=1S/C36H23NOS/c1-4-10-30-25(7-1)27-18-20-34-35(28-9-3-6-12-33(28)39-34)36(27)37(30)24-16-13-22(14-17-24)23-15-19-32-29(21-23)26-8-2-5-11-31(26)38-32/h1-14,16-18,20-21H,15,19H2. The van der Waals surface area contributed by atoms with Gasteiger partial charge in [-0.25, -0.2) is 0 Å². The van der Waals surface area contributed by atoms with Crippen molar-refractivity contribution in [3.05, 3.63) is 126 Å². The van der Waals surface area contributed by atoms with Crippen molar-refractivity contribution in [2.24, 2.45) is 0 Å². The first-order chi connectivity index (χ1) is 19.3. The van der Waals surface area contributed by atoms with Gasteiger partial charge in [-0.05, 0) is 60.0 Å². The number of hydrogen-bond donors (Lipinski definition) is 0. The van der Waals surface area contributed by atoms with Gasteiger partial charge in [0.2, 0.25) is 0 Å². The highest BCUT2D eigenvalue weighted by Gasteiger charge is 2.20. The first-order valence-electron chi connectivity index (χ1n) is 13.5. The Kier molecular flexibility index (Phi) is 4.35. The molecule has 1 aliphatic rings. The average Bonchev–Trinajstić information content (AvgIpc) is 3.66. The van der Waals surface area contributed by atoms with E-state index >= 15 is 0 Å². The Hall–Kier alpha value is -4.60. The molecular formula is C36H23NOS. The van der Waals surface area contributed by atoms with Crippen LogP contribution in [0, 0.1) is 0 Å². The Morgan fingerprint density at radius 3 is 2.28 bits per heavy atom. The summed E-state index contributed by atoms with van der Waals surface area (Å²) in [4.78, 5) is 0. The third-order valence-electron chi connectivity index (χ3n) is 8.32. The maximum absolute atomic E-state index is 6.14. The number of thiophene rings is 1. The second kappa shape index (κ2) is 7.95. The first-order valence-corrected chi connectivity index (χ1v) is 14.3. The molecular weight excluding hydrogens is 494 g/mol. The zero-order valence-corrected chi connectivity index (χ0v) is 22.0. The molecule has 0 radical (unpaired) electrons. The minimum absolute atomic E-state index is 0.938. The van der Waals surface area contributed by atoms with E-state index in [1.807, 2.05) is 17.4 Å². The number of nitrogens with zero attached hydrogens (tertiary/aromatic N) is 1. The monoisotopic (exact) mass is 517 g/mol. The highest BCUT2D eigenvalue weighted by molar-refractivity contribution is 7.26. The quantitative estimate of drug-likeness (QED) is 0.223. The molecule has 0 spiro atoms. The Morgan fingerprint density at radius 1 is 0.615 bits per heavy atom. The molecule has 0 unspecified atom stereocenters. The van der Waals surface area contributed by atoms with Gasteiger partial charge in [0.25, 0.3) is 0 Å². The lowest BCUT2D eigenvalue weighted by atomic mass is 9.91. The van der Waals surface area contributed by atoms with Crippen LogP contribution in [0.3, 0.4) is 0 Å². The normalized spacial score (nSPS) is 13.6. The number of allylic oxidation sites excluding steroid dienone is 1. The summed E-state index contributed by atoms with van der Waals surface area (Å²) >= 11 is 1.88. The molecule has 0 N–H and O–H groups in total. The lowest BCUT2D eigenvalue weighted by Crippen LogP contribution is -1.98. The third-order valence-corrected chi connectivity index (χ3v) is 9.46. The van der Waals surface area contributed by atoms with Crippen LogP contribution in [0.2, 0.25) is 0 Å². The topological polar surface area (TPSA) is 18.1 Å². The molecule has 0 fully saturated rings. The van der Waals surface area contributed by atoms with Crippen LogP contribution >= 0.6 is 11.3 Å². The van der Waals surface area contributed by atoms with E-state index in [4.69, 9.17) is 4.42 Å². The predicted octanol–water partition coefficient (Wildman–Crippen LogP) is 10.4. The van der Waals surface area contributed by atoms with E-state index in [0.29, 0.717) is 0 Å². The molecule has 0 atom stereocenters. The third kappa shape index (κ3) is 3.02. The first kappa shape index (κ1) is 21.3. The number of benzene rings is 5. The molecule has 9 rings (SSSR count). The van der Waals surface area contributed by atoms with Gasteiger partial charge >= 0.3 is 0 Å². The van der Waals surface area contributed by atoms with Crippen LogP contribution < -0.4 is 0 Å². The summed E-state index contributed by atoms with van der Waals surface area (Å²) in [5, 5.41) is 6.49. The molecule has 0 amide bonds. The molecule has 3 heteroatoms. The predicted molar refractivity (Wildman–Crippen MR) is 166 cm³/mol. The lowest BCUT2D eigenvalue weighted by molar-refractivity contribution is 0.548. The highest BCUT2D eigenvalue weighted by Crippen LogP contribution is 2.43. The zero-order valence-electron chi connectivity index (χ0n) is 21.1. The fourth-order valence-electron chi connectivity index (χ4n) is 6.54. The van der Waals surface area contributed by atoms with Crippen LogP contribution in [-0.2, 0) is 6.42 Å². The molecule has 184 valence electrons. The number of rotatable bonds is 2. The lowest BCUT2D eigenvalue weighted by Gasteiger charge is -2.15. The summed E-state index contributed by atoms with van der Waals surface area (Å²) in [7, 11) is 0. The molecule has 3 aromatic heterocycles. The highest BCUT2D eigenvalue weighted by atomic mass is 32.1. The Balaban J connectivity index is 1.25. The van der Waals surface area contributed by atoms with Gasteiger partial charge < -0.3 is 8.98 Å². The van der Waals surface area contributed by atoms with Crippen LogP contribution in [0.25, 0.3) is 70.3 Å². The van der Waals surface area contributed by atoms with Crippen molar-refractivity contribution in [3.8, 4) is 5.69 Å². The van der Waals surface area contributed by atoms with E-state index in [0.717, 1.165) is 24.2 Å². The Bertz CT molecular complexity index is 2270. The molecule has 8 aromatic rings. The molecule has 2 nitrogen and oxygen atoms in total. The molecule has 0 bridgehead atoms. The van der Waals surface area contributed by atoms with Crippen LogP contribution in [0.1, 0.15) is 23.3 Å². The van der Waals surface area contributed by atoms with E-state index < -0.39 is 0 Å². The fraction of sp³-hybridized carbons (Fsp3) is 0.0556. The zero-order chi connectivity index (χ0) is 25.5. The van der Waals surface area contributed by atoms with Crippen molar-refractivity contribution in [1.82, 2.24) is 4.57 Å². The summed E-state index contributed by atoms with van der Waals surface area (Å²) in [6.07, 6.45) is 4.26. The second-order valence-electron chi connectivity index (χ2n) is 10.4. The second-order valence-corrected chi connectivity index (χ2v) is 11.5. The van der Waals surface area contributed by atoms with Crippen molar-refractivity contribution in [3.63, 3.8) is 0 Å². The van der Waals surface area contributed by atoms with Crippen LogP contribution in [-0.4, -0.2) is 4.57 Å². The van der Waals surface area contributed by atoms with Gasteiger partial charge in [-0.3, -0.25) is 0 Å². The Labute approximate surface area is 229 Å². The average molecular weight is 518 g/mol.